The zero-order chi connectivity index (χ0) is 16.1. The second kappa shape index (κ2) is 6.78. The summed E-state index contributed by atoms with van der Waals surface area (Å²) in [5.74, 6) is 1.63. The third kappa shape index (κ3) is 3.57. The molecule has 0 atom stereocenters. The highest BCUT2D eigenvalue weighted by Crippen LogP contribution is 2.33. The van der Waals surface area contributed by atoms with E-state index in [1.54, 1.807) is 12.1 Å². The first-order valence-corrected chi connectivity index (χ1v) is 7.14. The molecule has 0 spiro atoms. The zero-order valence-electron chi connectivity index (χ0n) is 12.4. The second-order valence-corrected chi connectivity index (χ2v) is 4.77. The summed E-state index contributed by atoms with van der Waals surface area (Å²) < 4.78 is 11.0. The monoisotopic (exact) mass is 312 g/mol. The molecule has 0 unspecified atom stereocenters. The highest BCUT2D eigenvalue weighted by atomic mass is 16.6. The van der Waals surface area contributed by atoms with E-state index >= 15 is 0 Å². The third-order valence-electron chi connectivity index (χ3n) is 3.12. The molecule has 7 nitrogen and oxygen atoms in total. The fourth-order valence-electron chi connectivity index (χ4n) is 2.07. The Hall–Kier alpha value is -3.09. The molecule has 0 radical (unpaired) electrons. The highest BCUT2D eigenvalue weighted by molar-refractivity contribution is 5.93. The maximum absolute atomic E-state index is 11.9. The summed E-state index contributed by atoms with van der Waals surface area (Å²) in [5, 5.41) is 5.79. The fraction of sp³-hybridized carbons (Fsp3) is 0.188. The van der Waals surface area contributed by atoms with Gasteiger partial charge in [0, 0.05) is 24.4 Å². The normalized spacial score (nSPS) is 12.3. The minimum atomic E-state index is -0.280. The van der Waals surface area contributed by atoms with Crippen LogP contribution in [0.4, 0.5) is 11.5 Å². The average molecular weight is 312 g/mol. The van der Waals surface area contributed by atoms with Gasteiger partial charge in [-0.2, -0.15) is 0 Å². The molecule has 2 aromatic rings. The molecule has 2 N–H and O–H groups in total. The standard InChI is InChI=1S/C16H16N4O3/c1-2-5-17-16(21)12-9-15(19-10-18-12)20-11-3-4-13-14(8-11)23-7-6-22-13/h2-4,8-10H,1,5-7H2,(H,17,21)(H,18,19,20). The molecule has 0 saturated heterocycles. The van der Waals surface area contributed by atoms with Gasteiger partial charge >= 0.3 is 0 Å². The van der Waals surface area contributed by atoms with Crippen LogP contribution in [0.1, 0.15) is 10.5 Å². The van der Waals surface area contributed by atoms with E-state index in [0.29, 0.717) is 37.1 Å². The molecule has 1 aliphatic heterocycles. The third-order valence-corrected chi connectivity index (χ3v) is 3.12. The summed E-state index contributed by atoms with van der Waals surface area (Å²) in [7, 11) is 0. The summed E-state index contributed by atoms with van der Waals surface area (Å²) in [5.41, 5.74) is 1.06. The van der Waals surface area contributed by atoms with Gasteiger partial charge in [-0.1, -0.05) is 6.08 Å². The predicted octanol–water partition coefficient (Wildman–Crippen LogP) is 1.91. The van der Waals surface area contributed by atoms with Crippen molar-refractivity contribution in [3.05, 3.63) is 48.9 Å². The van der Waals surface area contributed by atoms with E-state index in [0.717, 1.165) is 5.69 Å². The Labute approximate surface area is 133 Å². The molecule has 118 valence electrons. The molecule has 3 rings (SSSR count). The molecule has 0 bridgehead atoms. The predicted molar refractivity (Wildman–Crippen MR) is 85.3 cm³/mol. The molecular weight excluding hydrogens is 296 g/mol. The van der Waals surface area contributed by atoms with E-state index in [4.69, 9.17) is 9.47 Å². The number of nitrogens with zero attached hydrogens (tertiary/aromatic N) is 2. The number of carbonyl (C=O) groups is 1. The largest absolute Gasteiger partial charge is 0.486 e. The molecule has 1 aromatic heterocycles. The van der Waals surface area contributed by atoms with Crippen LogP contribution >= 0.6 is 0 Å². The first kappa shape index (κ1) is 14.8. The van der Waals surface area contributed by atoms with Crippen molar-refractivity contribution in [3.8, 4) is 11.5 Å². The van der Waals surface area contributed by atoms with Crippen LogP contribution in [0.15, 0.2) is 43.2 Å². The molecule has 7 heteroatoms. The van der Waals surface area contributed by atoms with Crippen molar-refractivity contribution in [1.29, 1.82) is 0 Å². The van der Waals surface area contributed by atoms with Gasteiger partial charge in [-0.3, -0.25) is 4.79 Å². The maximum Gasteiger partial charge on any atom is 0.270 e. The molecule has 0 fully saturated rings. The number of anilines is 2. The number of carbonyl (C=O) groups excluding carboxylic acids is 1. The van der Waals surface area contributed by atoms with Crippen LogP contribution < -0.4 is 20.1 Å². The Bertz CT molecular complexity index is 733. The number of amides is 1. The lowest BCUT2D eigenvalue weighted by molar-refractivity contribution is 0.0953. The summed E-state index contributed by atoms with van der Waals surface area (Å²) in [6.07, 6.45) is 2.94. The first-order chi connectivity index (χ1) is 11.3. The van der Waals surface area contributed by atoms with Crippen molar-refractivity contribution in [3.63, 3.8) is 0 Å². The van der Waals surface area contributed by atoms with Crippen LogP contribution in [-0.2, 0) is 0 Å². The van der Waals surface area contributed by atoms with Gasteiger partial charge in [0.2, 0.25) is 0 Å². The number of aromatic nitrogens is 2. The molecular formula is C16H16N4O3. The summed E-state index contributed by atoms with van der Waals surface area (Å²) in [6.45, 7) is 5.01. The quantitative estimate of drug-likeness (QED) is 0.820. The van der Waals surface area contributed by atoms with Gasteiger partial charge in [0.25, 0.3) is 5.91 Å². The summed E-state index contributed by atoms with van der Waals surface area (Å²) in [6, 6.07) is 7.09. The van der Waals surface area contributed by atoms with Gasteiger partial charge in [0.05, 0.1) is 0 Å². The molecule has 23 heavy (non-hydrogen) atoms. The Kier molecular flexibility index (Phi) is 4.37. The lowest BCUT2D eigenvalue weighted by atomic mass is 10.2. The average Bonchev–Trinajstić information content (AvgIpc) is 2.60. The zero-order valence-corrected chi connectivity index (χ0v) is 12.4. The molecule has 1 aromatic carbocycles. The molecule has 2 heterocycles. The number of ether oxygens (including phenoxy) is 2. The lowest BCUT2D eigenvalue weighted by Gasteiger charge is -2.19. The van der Waals surface area contributed by atoms with E-state index in [9.17, 15) is 4.79 Å². The van der Waals surface area contributed by atoms with Gasteiger partial charge in [-0.15, -0.1) is 6.58 Å². The van der Waals surface area contributed by atoms with Gasteiger partial charge in [0.1, 0.15) is 31.1 Å². The van der Waals surface area contributed by atoms with Gasteiger partial charge < -0.3 is 20.1 Å². The number of hydrogen-bond acceptors (Lipinski definition) is 6. The van der Waals surface area contributed by atoms with Crippen molar-refractivity contribution in [1.82, 2.24) is 15.3 Å². The minimum absolute atomic E-state index is 0.280. The number of nitrogens with one attached hydrogen (secondary N) is 2. The van der Waals surface area contributed by atoms with Crippen LogP contribution in [0.2, 0.25) is 0 Å². The van der Waals surface area contributed by atoms with E-state index in [1.807, 2.05) is 18.2 Å². The second-order valence-electron chi connectivity index (χ2n) is 4.77. The minimum Gasteiger partial charge on any atom is -0.486 e. The highest BCUT2D eigenvalue weighted by Gasteiger charge is 2.12. The topological polar surface area (TPSA) is 85.4 Å². The Morgan fingerprint density at radius 2 is 2.04 bits per heavy atom. The SMILES string of the molecule is C=CCNC(=O)c1cc(Nc2ccc3c(c2)OCCO3)ncn1. The van der Waals surface area contributed by atoms with Crippen LogP contribution in [0.5, 0.6) is 11.5 Å². The number of fused-ring (bicyclic) bond motifs is 1. The van der Waals surface area contributed by atoms with Gasteiger partial charge in [0.15, 0.2) is 11.5 Å². The number of benzene rings is 1. The smallest absolute Gasteiger partial charge is 0.270 e. The van der Waals surface area contributed by atoms with Gasteiger partial charge in [-0.05, 0) is 12.1 Å². The molecule has 0 aliphatic carbocycles. The summed E-state index contributed by atoms with van der Waals surface area (Å²) >= 11 is 0. The van der Waals surface area contributed by atoms with Crippen LogP contribution in [-0.4, -0.2) is 35.6 Å². The van der Waals surface area contributed by atoms with Crippen molar-refractivity contribution in [2.24, 2.45) is 0 Å². The van der Waals surface area contributed by atoms with E-state index in [1.165, 1.54) is 6.33 Å². The fourth-order valence-corrected chi connectivity index (χ4v) is 2.07. The molecule has 0 saturated carbocycles. The van der Waals surface area contributed by atoms with E-state index < -0.39 is 0 Å². The van der Waals surface area contributed by atoms with Crippen LogP contribution in [0, 0.1) is 0 Å². The Balaban J connectivity index is 1.75. The van der Waals surface area contributed by atoms with E-state index in [2.05, 4.69) is 27.2 Å². The van der Waals surface area contributed by atoms with Crippen LogP contribution in [0.3, 0.4) is 0 Å². The van der Waals surface area contributed by atoms with E-state index in [-0.39, 0.29) is 11.6 Å². The lowest BCUT2D eigenvalue weighted by Crippen LogP contribution is -2.24. The maximum atomic E-state index is 11.9. The van der Waals surface area contributed by atoms with Crippen molar-refractivity contribution >= 4 is 17.4 Å². The van der Waals surface area contributed by atoms with Gasteiger partial charge in [-0.25, -0.2) is 9.97 Å². The van der Waals surface area contributed by atoms with Crippen molar-refractivity contribution in [2.75, 3.05) is 25.1 Å². The molecule has 1 aliphatic rings. The first-order valence-electron chi connectivity index (χ1n) is 7.14. The number of hydrogen-bond donors (Lipinski definition) is 2. The Morgan fingerprint density at radius 1 is 1.22 bits per heavy atom. The number of rotatable bonds is 5. The Morgan fingerprint density at radius 3 is 2.87 bits per heavy atom. The van der Waals surface area contributed by atoms with Crippen molar-refractivity contribution < 1.29 is 14.3 Å². The van der Waals surface area contributed by atoms with Crippen molar-refractivity contribution in [2.45, 2.75) is 0 Å². The summed E-state index contributed by atoms with van der Waals surface area (Å²) in [4.78, 5) is 20.0. The van der Waals surface area contributed by atoms with Crippen LogP contribution in [0.25, 0.3) is 0 Å². The molecule has 1 amide bonds.